The molecule has 0 fully saturated rings. The van der Waals surface area contributed by atoms with Crippen molar-refractivity contribution in [2.24, 2.45) is 5.73 Å². The van der Waals surface area contributed by atoms with Gasteiger partial charge in [-0.15, -0.1) is 0 Å². The van der Waals surface area contributed by atoms with Crippen LogP contribution in [0.1, 0.15) is 11.1 Å². The summed E-state index contributed by atoms with van der Waals surface area (Å²) >= 11 is 2.01. The van der Waals surface area contributed by atoms with Gasteiger partial charge in [0.15, 0.2) is 18.1 Å². The lowest BCUT2D eigenvalue weighted by molar-refractivity contribution is -0.120. The van der Waals surface area contributed by atoms with Crippen molar-refractivity contribution in [2.45, 2.75) is 6.92 Å². The zero-order valence-corrected chi connectivity index (χ0v) is 17.4. The summed E-state index contributed by atoms with van der Waals surface area (Å²) in [6.45, 7) is 1.65. The number of methoxy groups -OCH3 is 1. The molecule has 2 aromatic carbocycles. The number of halogens is 1. The zero-order valence-electron chi connectivity index (χ0n) is 15.3. The van der Waals surface area contributed by atoms with Crippen molar-refractivity contribution in [2.75, 3.05) is 19.0 Å². The summed E-state index contributed by atoms with van der Waals surface area (Å²) in [6, 6.07) is 12.5. The summed E-state index contributed by atoms with van der Waals surface area (Å²) in [5.74, 6) is -0.409. The Balaban J connectivity index is 2.28. The molecule has 2 rings (SSSR count). The van der Waals surface area contributed by atoms with Gasteiger partial charge in [0.25, 0.3) is 11.8 Å². The summed E-state index contributed by atoms with van der Waals surface area (Å²) in [6.07, 6.45) is 1.45. The molecule has 0 aliphatic carbocycles. The highest BCUT2D eigenvalue weighted by atomic mass is 127. The number of nitrogens with zero attached hydrogens (tertiary/aromatic N) is 1. The fourth-order valence-corrected chi connectivity index (χ4v) is 3.04. The quantitative estimate of drug-likeness (QED) is 0.351. The van der Waals surface area contributed by atoms with Gasteiger partial charge in [0, 0.05) is 5.69 Å². The topological polar surface area (TPSA) is 114 Å². The molecule has 0 aromatic heterocycles. The van der Waals surface area contributed by atoms with Crippen molar-refractivity contribution in [3.8, 4) is 17.6 Å². The molecule has 0 saturated heterocycles. The SMILES string of the molecule is COc1cc(/C=C(\C#N)C(=O)Nc2ccc(C)cc2)cc(I)c1OCC(N)=O. The van der Waals surface area contributed by atoms with Crippen LogP contribution in [0, 0.1) is 21.8 Å². The summed E-state index contributed by atoms with van der Waals surface area (Å²) in [4.78, 5) is 23.3. The van der Waals surface area contributed by atoms with Gasteiger partial charge in [0.1, 0.15) is 11.6 Å². The van der Waals surface area contributed by atoms with Crippen LogP contribution in [0.5, 0.6) is 11.5 Å². The van der Waals surface area contributed by atoms with Crippen molar-refractivity contribution in [1.82, 2.24) is 0 Å². The molecule has 0 atom stereocenters. The molecule has 144 valence electrons. The molecule has 0 aliphatic rings. The first kappa shape index (κ1) is 21.2. The number of primary amides is 1. The van der Waals surface area contributed by atoms with Gasteiger partial charge in [-0.2, -0.15) is 5.26 Å². The third-order valence-electron chi connectivity index (χ3n) is 3.60. The number of aryl methyl sites for hydroxylation is 1. The Kier molecular flexibility index (Phi) is 7.40. The Bertz CT molecular complexity index is 963. The summed E-state index contributed by atoms with van der Waals surface area (Å²) in [5, 5.41) is 12.1. The molecule has 3 N–H and O–H groups in total. The van der Waals surface area contributed by atoms with Crippen molar-refractivity contribution in [1.29, 1.82) is 5.26 Å². The molecule has 0 bridgehead atoms. The van der Waals surface area contributed by atoms with Crippen LogP contribution in [0.3, 0.4) is 0 Å². The number of benzene rings is 2. The Labute approximate surface area is 176 Å². The predicted molar refractivity (Wildman–Crippen MR) is 114 cm³/mol. The fraction of sp³-hybridized carbons (Fsp3) is 0.150. The third kappa shape index (κ3) is 5.72. The molecule has 28 heavy (non-hydrogen) atoms. The van der Waals surface area contributed by atoms with Crippen LogP contribution in [0.2, 0.25) is 0 Å². The minimum absolute atomic E-state index is 0.0655. The molecule has 7 nitrogen and oxygen atoms in total. The highest BCUT2D eigenvalue weighted by Crippen LogP contribution is 2.34. The minimum atomic E-state index is -0.610. The smallest absolute Gasteiger partial charge is 0.266 e. The molecule has 0 aliphatic heterocycles. The van der Waals surface area contributed by atoms with E-state index in [0.29, 0.717) is 26.3 Å². The number of ether oxygens (including phenoxy) is 2. The van der Waals surface area contributed by atoms with Crippen molar-refractivity contribution in [3.05, 3.63) is 56.7 Å². The number of nitrogens with one attached hydrogen (secondary N) is 1. The lowest BCUT2D eigenvalue weighted by Crippen LogP contribution is -2.20. The second-order valence-electron chi connectivity index (χ2n) is 5.78. The van der Waals surface area contributed by atoms with E-state index in [9.17, 15) is 14.9 Å². The summed E-state index contributed by atoms with van der Waals surface area (Å²) in [7, 11) is 1.45. The van der Waals surface area contributed by atoms with E-state index in [1.165, 1.54) is 13.2 Å². The fourth-order valence-electron chi connectivity index (χ4n) is 2.26. The van der Waals surface area contributed by atoms with E-state index in [4.69, 9.17) is 15.2 Å². The molecule has 0 radical (unpaired) electrons. The number of nitriles is 1. The van der Waals surface area contributed by atoms with Gasteiger partial charge in [0.2, 0.25) is 0 Å². The van der Waals surface area contributed by atoms with Crippen molar-refractivity contribution < 1.29 is 19.1 Å². The first-order valence-corrected chi connectivity index (χ1v) is 9.20. The largest absolute Gasteiger partial charge is 0.493 e. The van der Waals surface area contributed by atoms with Crippen LogP contribution in [-0.4, -0.2) is 25.5 Å². The third-order valence-corrected chi connectivity index (χ3v) is 4.40. The number of hydrogen-bond donors (Lipinski definition) is 2. The Morgan fingerprint density at radius 3 is 2.54 bits per heavy atom. The maximum absolute atomic E-state index is 12.4. The number of rotatable bonds is 7. The van der Waals surface area contributed by atoms with E-state index in [-0.39, 0.29) is 12.2 Å². The lowest BCUT2D eigenvalue weighted by Gasteiger charge is -2.12. The van der Waals surface area contributed by atoms with Gasteiger partial charge in [-0.1, -0.05) is 17.7 Å². The van der Waals surface area contributed by atoms with Crippen LogP contribution >= 0.6 is 22.6 Å². The monoisotopic (exact) mass is 491 g/mol. The highest BCUT2D eigenvalue weighted by molar-refractivity contribution is 14.1. The van der Waals surface area contributed by atoms with Gasteiger partial charge < -0.3 is 20.5 Å². The lowest BCUT2D eigenvalue weighted by atomic mass is 10.1. The normalized spacial score (nSPS) is 10.7. The van der Waals surface area contributed by atoms with Gasteiger partial charge in [0.05, 0.1) is 10.7 Å². The molecule has 0 heterocycles. The standard InChI is InChI=1S/C20H18IN3O4/c1-12-3-5-15(6-4-12)24-20(26)14(10-22)7-13-8-16(21)19(17(9-13)27-2)28-11-18(23)25/h3-9H,11H2,1-2H3,(H2,23,25)(H,24,26)/b14-7+. The van der Waals surface area contributed by atoms with Crippen LogP contribution in [0.25, 0.3) is 6.08 Å². The highest BCUT2D eigenvalue weighted by Gasteiger charge is 2.14. The van der Waals surface area contributed by atoms with E-state index in [1.54, 1.807) is 24.3 Å². The number of carbonyl (C=O) groups excluding carboxylic acids is 2. The Morgan fingerprint density at radius 1 is 1.29 bits per heavy atom. The van der Waals surface area contributed by atoms with Gasteiger partial charge in [-0.25, -0.2) is 0 Å². The summed E-state index contributed by atoms with van der Waals surface area (Å²) in [5.41, 5.74) is 7.27. The Hall–Kier alpha value is -3.06. The number of carbonyl (C=O) groups is 2. The summed E-state index contributed by atoms with van der Waals surface area (Å²) < 4.78 is 11.3. The van der Waals surface area contributed by atoms with Crippen molar-refractivity contribution >= 4 is 46.2 Å². The zero-order chi connectivity index (χ0) is 20.7. The number of amides is 2. The van der Waals surface area contributed by atoms with Crippen LogP contribution in [-0.2, 0) is 9.59 Å². The van der Waals surface area contributed by atoms with E-state index >= 15 is 0 Å². The van der Waals surface area contributed by atoms with E-state index in [2.05, 4.69) is 5.32 Å². The Morgan fingerprint density at radius 2 is 1.96 bits per heavy atom. The van der Waals surface area contributed by atoms with Crippen molar-refractivity contribution in [3.63, 3.8) is 0 Å². The second kappa shape index (κ2) is 9.75. The molecule has 0 unspecified atom stereocenters. The first-order valence-electron chi connectivity index (χ1n) is 8.12. The van der Waals surface area contributed by atoms with E-state index in [0.717, 1.165) is 5.56 Å². The van der Waals surface area contributed by atoms with Crippen LogP contribution in [0.15, 0.2) is 42.0 Å². The average molecular weight is 491 g/mol. The maximum atomic E-state index is 12.4. The first-order chi connectivity index (χ1) is 13.3. The number of hydrogen-bond acceptors (Lipinski definition) is 5. The molecule has 0 spiro atoms. The van der Waals surface area contributed by atoms with Gasteiger partial charge >= 0.3 is 0 Å². The number of nitrogens with two attached hydrogens (primary N) is 1. The van der Waals surface area contributed by atoms with Gasteiger partial charge in [-0.05, 0) is 65.4 Å². The molecule has 0 saturated carbocycles. The van der Waals surface area contributed by atoms with E-state index < -0.39 is 11.8 Å². The van der Waals surface area contributed by atoms with Gasteiger partial charge in [-0.3, -0.25) is 9.59 Å². The predicted octanol–water partition coefficient (Wildman–Crippen LogP) is 3.02. The van der Waals surface area contributed by atoms with Crippen LogP contribution < -0.4 is 20.5 Å². The van der Waals surface area contributed by atoms with Crippen LogP contribution in [0.4, 0.5) is 5.69 Å². The second-order valence-corrected chi connectivity index (χ2v) is 6.94. The van der Waals surface area contributed by atoms with E-state index in [1.807, 2.05) is 47.7 Å². The molecule has 8 heteroatoms. The molecule has 2 amide bonds. The average Bonchev–Trinajstić information content (AvgIpc) is 2.66. The maximum Gasteiger partial charge on any atom is 0.266 e. The molecule has 2 aromatic rings. The molecular weight excluding hydrogens is 473 g/mol. The number of anilines is 1. The minimum Gasteiger partial charge on any atom is -0.493 e. The molecular formula is C20H18IN3O4.